The third-order valence-corrected chi connectivity index (χ3v) is 5.64. The molecule has 0 aliphatic heterocycles. The van der Waals surface area contributed by atoms with Gasteiger partial charge in [0.15, 0.2) is 0 Å². The summed E-state index contributed by atoms with van der Waals surface area (Å²) in [7, 11) is 0. The molecule has 0 saturated heterocycles. The molecule has 0 fully saturated rings. The fraction of sp³-hybridized carbons (Fsp3) is 0.250. The van der Waals surface area contributed by atoms with Crippen molar-refractivity contribution in [3.05, 3.63) is 16.3 Å². The molecule has 0 saturated carbocycles. The minimum Gasteiger partial charge on any atom is -0.545 e. The first-order chi connectivity index (χ1) is 9.70. The first kappa shape index (κ1) is 22.8. The predicted molar refractivity (Wildman–Crippen MR) is 102 cm³/mol. The van der Waals surface area contributed by atoms with Crippen LogP contribution in [-0.4, -0.2) is 17.8 Å². The topological polar surface area (TPSA) is 98.3 Å². The molecular weight excluding hydrogens is 640 g/mol. The van der Waals surface area contributed by atoms with E-state index >= 15 is 0 Å². The molecule has 0 spiro atoms. The first-order valence-corrected chi connectivity index (χ1v) is 8.93. The average molecular weight is 650 g/mol. The zero-order chi connectivity index (χ0) is 16.3. The molecule has 10 heteroatoms. The Balaban J connectivity index is 0.00000441. The zero-order valence-corrected chi connectivity index (χ0v) is 20.4. The summed E-state index contributed by atoms with van der Waals surface area (Å²) >= 11 is 5.66. The Kier molecular flexibility index (Phi) is 10.3. The standard InChI is InChI=1S/C12H11I3N2O4.Na/c1-3-5(19)17-11-8(14)6(12(20)21)7(13)10(9(11)15)16-4(2)18;/h3H2,1-2H3,(H,16,18)(H,17,19)(H,20,21);/q;+1/p-1. The molecule has 0 heterocycles. The summed E-state index contributed by atoms with van der Waals surface area (Å²) < 4.78 is 1.31. The van der Waals surface area contributed by atoms with E-state index in [0.717, 1.165) is 0 Å². The van der Waals surface area contributed by atoms with Crippen LogP contribution in [0, 0.1) is 10.7 Å². The Labute approximate surface area is 190 Å². The second-order valence-corrected chi connectivity index (χ2v) is 7.17. The second-order valence-electron chi connectivity index (χ2n) is 3.94. The first-order valence-electron chi connectivity index (χ1n) is 5.69. The number of amides is 2. The molecule has 0 aliphatic carbocycles. The Morgan fingerprint density at radius 1 is 1.00 bits per heavy atom. The molecule has 0 bridgehead atoms. The van der Waals surface area contributed by atoms with Gasteiger partial charge in [0.1, 0.15) is 0 Å². The van der Waals surface area contributed by atoms with Crippen LogP contribution < -0.4 is 45.3 Å². The fourth-order valence-corrected chi connectivity index (χ4v) is 5.61. The zero-order valence-electron chi connectivity index (χ0n) is 12.0. The van der Waals surface area contributed by atoms with E-state index in [-0.39, 0.29) is 53.4 Å². The monoisotopic (exact) mass is 650 g/mol. The van der Waals surface area contributed by atoms with Gasteiger partial charge in [0.2, 0.25) is 11.8 Å². The third kappa shape index (κ3) is 5.43. The van der Waals surface area contributed by atoms with Crippen molar-refractivity contribution >= 4 is 96.9 Å². The van der Waals surface area contributed by atoms with E-state index in [1.165, 1.54) is 6.92 Å². The summed E-state index contributed by atoms with van der Waals surface area (Å²) in [6.45, 7) is 3.02. The number of aromatic carboxylic acids is 1. The average Bonchev–Trinajstić information content (AvgIpc) is 2.38. The number of carboxylic acid groups (broad SMARTS) is 1. The maximum absolute atomic E-state index is 11.6. The van der Waals surface area contributed by atoms with Crippen LogP contribution in [0.3, 0.4) is 0 Å². The van der Waals surface area contributed by atoms with Crippen molar-refractivity contribution in [2.75, 3.05) is 10.6 Å². The van der Waals surface area contributed by atoms with Crippen molar-refractivity contribution in [2.45, 2.75) is 20.3 Å². The summed E-state index contributed by atoms with van der Waals surface area (Å²) in [4.78, 5) is 34.3. The van der Waals surface area contributed by atoms with Crippen molar-refractivity contribution in [2.24, 2.45) is 0 Å². The molecule has 0 aromatic heterocycles. The van der Waals surface area contributed by atoms with Gasteiger partial charge in [-0.05, 0) is 67.8 Å². The van der Waals surface area contributed by atoms with E-state index in [0.29, 0.717) is 22.1 Å². The third-order valence-electron chi connectivity index (χ3n) is 2.41. The van der Waals surface area contributed by atoms with Crippen molar-refractivity contribution < 1.29 is 49.0 Å². The number of hydrogen-bond donors (Lipinski definition) is 2. The molecule has 1 aromatic rings. The van der Waals surface area contributed by atoms with Crippen LogP contribution in [-0.2, 0) is 9.59 Å². The number of carbonyl (C=O) groups excluding carboxylic acids is 3. The molecule has 0 unspecified atom stereocenters. The number of carbonyl (C=O) groups is 3. The maximum Gasteiger partial charge on any atom is 1.00 e. The van der Waals surface area contributed by atoms with E-state index in [9.17, 15) is 19.5 Å². The van der Waals surface area contributed by atoms with Crippen molar-refractivity contribution in [3.8, 4) is 0 Å². The summed E-state index contributed by atoms with van der Waals surface area (Å²) in [5.74, 6) is -1.94. The minimum absolute atomic E-state index is 0. The summed E-state index contributed by atoms with van der Waals surface area (Å²) in [6.07, 6.45) is 0.258. The van der Waals surface area contributed by atoms with Gasteiger partial charge in [-0.15, -0.1) is 0 Å². The molecule has 0 aliphatic rings. The predicted octanol–water partition coefficient (Wildman–Crippen LogP) is -0.825. The van der Waals surface area contributed by atoms with E-state index in [4.69, 9.17) is 0 Å². The largest absolute Gasteiger partial charge is 1.00 e. The molecular formula is C12H10I3N2NaO4. The van der Waals surface area contributed by atoms with Crippen LogP contribution >= 0.6 is 67.8 Å². The van der Waals surface area contributed by atoms with Gasteiger partial charge in [-0.1, -0.05) is 6.92 Å². The minimum atomic E-state index is -1.36. The van der Waals surface area contributed by atoms with Crippen LogP contribution in [0.2, 0.25) is 0 Å². The number of carboxylic acids is 1. The van der Waals surface area contributed by atoms with Gasteiger partial charge in [-0.25, -0.2) is 0 Å². The molecule has 1 rings (SSSR count). The number of benzene rings is 1. The van der Waals surface area contributed by atoms with Gasteiger partial charge in [0.25, 0.3) is 0 Å². The fourth-order valence-electron chi connectivity index (χ4n) is 1.47. The van der Waals surface area contributed by atoms with Crippen molar-refractivity contribution in [1.82, 2.24) is 0 Å². The Hall–Kier alpha value is 0.820. The SMILES string of the molecule is CCC(=O)Nc1c(I)c(NC(C)=O)c(I)c(C(=O)[O-])c1I.[Na+]. The number of nitrogens with one attached hydrogen (secondary N) is 2. The Morgan fingerprint density at radius 2 is 1.45 bits per heavy atom. The molecule has 0 atom stereocenters. The van der Waals surface area contributed by atoms with Gasteiger partial charge in [0.05, 0.1) is 20.9 Å². The van der Waals surface area contributed by atoms with Crippen molar-refractivity contribution in [3.63, 3.8) is 0 Å². The van der Waals surface area contributed by atoms with Gasteiger partial charge < -0.3 is 20.5 Å². The van der Waals surface area contributed by atoms with Gasteiger partial charge in [0, 0.05) is 26.0 Å². The van der Waals surface area contributed by atoms with Crippen LogP contribution in [0.1, 0.15) is 30.6 Å². The summed E-state index contributed by atoms with van der Waals surface area (Å²) in [6, 6.07) is 0. The molecule has 2 amide bonds. The molecule has 22 heavy (non-hydrogen) atoms. The number of hydrogen-bond acceptors (Lipinski definition) is 4. The number of halogens is 3. The Bertz CT molecular complexity index is 638. The van der Waals surface area contributed by atoms with E-state index < -0.39 is 5.97 Å². The molecule has 2 N–H and O–H groups in total. The second kappa shape index (κ2) is 9.96. The van der Waals surface area contributed by atoms with Crippen LogP contribution in [0.4, 0.5) is 11.4 Å². The number of rotatable bonds is 4. The van der Waals surface area contributed by atoms with E-state index in [2.05, 4.69) is 10.6 Å². The van der Waals surface area contributed by atoms with Gasteiger partial charge in [-0.3, -0.25) is 9.59 Å². The molecule has 6 nitrogen and oxygen atoms in total. The van der Waals surface area contributed by atoms with Crippen molar-refractivity contribution in [1.29, 1.82) is 0 Å². The van der Waals surface area contributed by atoms with E-state index in [1.807, 2.05) is 67.8 Å². The normalized spacial score (nSPS) is 9.68. The van der Waals surface area contributed by atoms with Crippen LogP contribution in [0.25, 0.3) is 0 Å². The maximum atomic E-state index is 11.6. The quantitative estimate of drug-likeness (QED) is 0.329. The summed E-state index contributed by atoms with van der Waals surface area (Å²) in [5.41, 5.74) is 0.674. The molecule has 0 radical (unpaired) electrons. The van der Waals surface area contributed by atoms with Gasteiger partial charge >= 0.3 is 29.6 Å². The molecule has 1 aromatic carbocycles. The smallest absolute Gasteiger partial charge is 0.545 e. The molecule has 114 valence electrons. The van der Waals surface area contributed by atoms with Crippen LogP contribution in [0.5, 0.6) is 0 Å². The Morgan fingerprint density at radius 3 is 1.82 bits per heavy atom. The van der Waals surface area contributed by atoms with Crippen LogP contribution in [0.15, 0.2) is 0 Å². The summed E-state index contributed by atoms with van der Waals surface area (Å²) in [5, 5.41) is 16.6. The van der Waals surface area contributed by atoms with Gasteiger partial charge in [-0.2, -0.15) is 0 Å². The van der Waals surface area contributed by atoms with E-state index in [1.54, 1.807) is 6.92 Å². The number of anilines is 2.